The Morgan fingerprint density at radius 3 is 2.26 bits per heavy atom. The van der Waals surface area contributed by atoms with Crippen molar-refractivity contribution in [2.75, 3.05) is 37.3 Å². The van der Waals surface area contributed by atoms with E-state index in [9.17, 15) is 18.0 Å². The zero-order valence-electron chi connectivity index (χ0n) is 21.3. The van der Waals surface area contributed by atoms with Crippen LogP contribution in [-0.4, -0.2) is 60.2 Å². The molecule has 208 valence electrons. The second-order valence-electron chi connectivity index (χ2n) is 9.88. The number of alkyl halides is 3. The number of methoxy groups -OCH3 is 1. The molecule has 11 heteroatoms. The molecule has 1 aliphatic heterocycles. The Labute approximate surface area is 219 Å². The summed E-state index contributed by atoms with van der Waals surface area (Å²) in [5.74, 6) is 1.23. The van der Waals surface area contributed by atoms with Gasteiger partial charge in [-0.25, -0.2) is 0 Å². The fraction of sp³-hybridized carbons (Fsp3) is 0.519. The van der Waals surface area contributed by atoms with E-state index in [1.54, 1.807) is 7.11 Å². The van der Waals surface area contributed by atoms with Gasteiger partial charge in [-0.2, -0.15) is 13.2 Å². The first kappa shape index (κ1) is 28.0. The Bertz CT molecular complexity index is 1060. The number of piperidine rings is 1. The summed E-state index contributed by atoms with van der Waals surface area (Å²) >= 11 is 0. The van der Waals surface area contributed by atoms with Gasteiger partial charge in [0.2, 0.25) is 5.91 Å². The molecule has 0 radical (unpaired) electrons. The van der Waals surface area contributed by atoms with E-state index in [1.165, 1.54) is 11.6 Å². The molecule has 1 saturated heterocycles. The van der Waals surface area contributed by atoms with E-state index in [-0.39, 0.29) is 30.3 Å². The van der Waals surface area contributed by atoms with E-state index >= 15 is 0 Å². The average molecular weight is 538 g/mol. The number of rotatable bonds is 8. The molecular formula is C27H34F3N3O5. The number of nitrogens with zero attached hydrogens (tertiary/aromatic N) is 2. The van der Waals surface area contributed by atoms with Crippen LogP contribution in [0, 0.1) is 0 Å². The van der Waals surface area contributed by atoms with Gasteiger partial charge in [-0.05, 0) is 80.3 Å². The minimum atomic E-state index is -4.74. The fourth-order valence-electron chi connectivity index (χ4n) is 5.26. The predicted molar refractivity (Wildman–Crippen MR) is 135 cm³/mol. The van der Waals surface area contributed by atoms with Crippen LogP contribution in [0.5, 0.6) is 5.75 Å². The van der Waals surface area contributed by atoms with Crippen LogP contribution in [0.15, 0.2) is 42.5 Å². The Balaban J connectivity index is 1.19. The summed E-state index contributed by atoms with van der Waals surface area (Å²) in [5, 5.41) is 20.7. The lowest BCUT2D eigenvalue weighted by Gasteiger charge is -2.33. The molecule has 2 aliphatic rings. The van der Waals surface area contributed by atoms with E-state index in [2.05, 4.69) is 17.4 Å². The lowest BCUT2D eigenvalue weighted by molar-refractivity contribution is -0.140. The molecular weight excluding hydrogens is 503 g/mol. The summed E-state index contributed by atoms with van der Waals surface area (Å²) in [6.45, 7) is 1.42. The highest BCUT2D eigenvalue weighted by Crippen LogP contribution is 2.38. The lowest BCUT2D eigenvalue weighted by Crippen LogP contribution is -2.41. The number of anilines is 2. The number of ether oxygens (including phenoxy) is 2. The molecule has 4 rings (SSSR count). The summed E-state index contributed by atoms with van der Waals surface area (Å²) in [4.78, 5) is 14.6. The SMILES string of the molecule is COc1ccc(C2CCN(C(=O)COC3CCC(Nc4ccc(N(O)O)c(C(F)(F)F)c4)CC3)CC2)cc1. The molecule has 38 heavy (non-hydrogen) atoms. The van der Waals surface area contributed by atoms with Crippen molar-refractivity contribution < 1.29 is 37.9 Å². The number of halogens is 3. The molecule has 2 fully saturated rings. The molecule has 8 nitrogen and oxygen atoms in total. The van der Waals surface area contributed by atoms with Crippen molar-refractivity contribution >= 4 is 17.3 Å². The van der Waals surface area contributed by atoms with Crippen molar-refractivity contribution in [2.24, 2.45) is 0 Å². The van der Waals surface area contributed by atoms with E-state index in [0.29, 0.717) is 44.7 Å². The van der Waals surface area contributed by atoms with Crippen LogP contribution in [0.1, 0.15) is 55.6 Å². The third-order valence-corrected chi connectivity index (χ3v) is 7.44. The largest absolute Gasteiger partial charge is 0.497 e. The predicted octanol–water partition coefficient (Wildman–Crippen LogP) is 5.44. The Kier molecular flexibility index (Phi) is 9.01. The number of amides is 1. The molecule has 2 aromatic rings. The number of carbonyl (C=O) groups is 1. The maximum absolute atomic E-state index is 13.3. The van der Waals surface area contributed by atoms with E-state index in [0.717, 1.165) is 30.7 Å². The van der Waals surface area contributed by atoms with Gasteiger partial charge in [-0.3, -0.25) is 15.2 Å². The Morgan fingerprint density at radius 1 is 1.03 bits per heavy atom. The van der Waals surface area contributed by atoms with Crippen LogP contribution < -0.4 is 15.3 Å². The normalized spacial score (nSPS) is 20.7. The third-order valence-electron chi connectivity index (χ3n) is 7.44. The second-order valence-corrected chi connectivity index (χ2v) is 9.88. The molecule has 1 saturated carbocycles. The lowest BCUT2D eigenvalue weighted by atomic mass is 9.89. The summed E-state index contributed by atoms with van der Waals surface area (Å²) in [6, 6.07) is 11.3. The van der Waals surface area contributed by atoms with Crippen LogP contribution in [0.2, 0.25) is 0 Å². The topological polar surface area (TPSA) is 94.5 Å². The van der Waals surface area contributed by atoms with Gasteiger partial charge in [0.05, 0.1) is 18.8 Å². The summed E-state index contributed by atoms with van der Waals surface area (Å²) in [7, 11) is 1.64. The van der Waals surface area contributed by atoms with Crippen molar-refractivity contribution in [3.05, 3.63) is 53.6 Å². The van der Waals surface area contributed by atoms with E-state index in [1.807, 2.05) is 17.0 Å². The number of hydrogen-bond donors (Lipinski definition) is 3. The molecule has 1 amide bonds. The zero-order chi connectivity index (χ0) is 27.3. The third kappa shape index (κ3) is 7.09. The van der Waals surface area contributed by atoms with Gasteiger partial charge in [0.1, 0.15) is 18.0 Å². The number of nitrogens with one attached hydrogen (secondary N) is 1. The van der Waals surface area contributed by atoms with Crippen molar-refractivity contribution in [1.29, 1.82) is 0 Å². The zero-order valence-corrected chi connectivity index (χ0v) is 21.3. The maximum atomic E-state index is 13.3. The highest BCUT2D eigenvalue weighted by Gasteiger charge is 2.35. The molecule has 0 unspecified atom stereocenters. The fourth-order valence-corrected chi connectivity index (χ4v) is 5.26. The number of benzene rings is 2. The number of hydrogen-bond acceptors (Lipinski definition) is 7. The Hall–Kier alpha value is -3.02. The highest BCUT2D eigenvalue weighted by molar-refractivity contribution is 5.77. The minimum absolute atomic E-state index is 0.0139. The van der Waals surface area contributed by atoms with Gasteiger partial charge in [0.15, 0.2) is 0 Å². The molecule has 0 atom stereocenters. The van der Waals surface area contributed by atoms with Gasteiger partial charge in [-0.1, -0.05) is 12.1 Å². The standard InChI is InChI=1S/C27H34F3N3O5/c1-37-22-7-2-18(3-8-22)19-12-14-32(15-13-19)26(34)17-38-23-9-4-20(5-10-23)31-21-6-11-25(33(35)36)24(16-21)27(28,29)30/h2-3,6-8,11,16,19-20,23,31,35-36H,4-5,9-10,12-15,17H2,1H3. The van der Waals surface area contributed by atoms with Crippen LogP contribution in [0.25, 0.3) is 0 Å². The molecule has 3 N–H and O–H groups in total. The second kappa shape index (κ2) is 12.2. The maximum Gasteiger partial charge on any atom is 0.418 e. The highest BCUT2D eigenvalue weighted by atomic mass is 19.4. The van der Waals surface area contributed by atoms with Crippen molar-refractivity contribution in [2.45, 2.75) is 62.8 Å². The first-order valence-electron chi connectivity index (χ1n) is 12.8. The molecule has 0 bridgehead atoms. The van der Waals surface area contributed by atoms with Crippen molar-refractivity contribution in [1.82, 2.24) is 4.90 Å². The molecule has 0 aromatic heterocycles. The van der Waals surface area contributed by atoms with Crippen LogP contribution in [-0.2, 0) is 15.7 Å². The number of likely N-dealkylation sites (tertiary alicyclic amines) is 1. The van der Waals surface area contributed by atoms with E-state index < -0.39 is 22.7 Å². The molecule has 1 aliphatic carbocycles. The first-order valence-corrected chi connectivity index (χ1v) is 12.8. The summed E-state index contributed by atoms with van der Waals surface area (Å²) < 4.78 is 51.0. The van der Waals surface area contributed by atoms with Crippen molar-refractivity contribution in [3.63, 3.8) is 0 Å². The monoisotopic (exact) mass is 537 g/mol. The smallest absolute Gasteiger partial charge is 0.418 e. The van der Waals surface area contributed by atoms with Crippen LogP contribution >= 0.6 is 0 Å². The molecule has 1 heterocycles. The van der Waals surface area contributed by atoms with Crippen LogP contribution in [0.4, 0.5) is 24.5 Å². The number of carbonyl (C=O) groups excluding carboxylic acids is 1. The quantitative estimate of drug-likeness (QED) is 0.386. The van der Waals surface area contributed by atoms with E-state index in [4.69, 9.17) is 19.9 Å². The molecule has 0 spiro atoms. The van der Waals surface area contributed by atoms with Gasteiger partial charge in [-0.15, -0.1) is 5.23 Å². The minimum Gasteiger partial charge on any atom is -0.497 e. The van der Waals surface area contributed by atoms with Crippen LogP contribution in [0.3, 0.4) is 0 Å². The average Bonchev–Trinajstić information content (AvgIpc) is 2.92. The first-order chi connectivity index (χ1) is 18.1. The van der Waals surface area contributed by atoms with Gasteiger partial charge in [0, 0.05) is 24.8 Å². The van der Waals surface area contributed by atoms with Gasteiger partial charge >= 0.3 is 6.18 Å². The summed E-state index contributed by atoms with van der Waals surface area (Å²) in [6.07, 6.45) is -0.256. The van der Waals surface area contributed by atoms with Gasteiger partial charge < -0.3 is 19.7 Å². The summed E-state index contributed by atoms with van der Waals surface area (Å²) in [5.41, 5.74) is -0.375. The van der Waals surface area contributed by atoms with Crippen molar-refractivity contribution in [3.8, 4) is 5.75 Å². The molecule has 2 aromatic carbocycles. The Morgan fingerprint density at radius 2 is 1.68 bits per heavy atom. The van der Waals surface area contributed by atoms with Gasteiger partial charge in [0.25, 0.3) is 0 Å².